The Kier molecular flexibility index (Phi) is 67.7. The highest BCUT2D eigenvalue weighted by molar-refractivity contribution is 7.47. The number of hydrogen-bond acceptors (Lipinski definition) is 5. The quantitative estimate of drug-likeness (QED) is 0.0243. The van der Waals surface area contributed by atoms with Crippen molar-refractivity contribution in [2.45, 2.75) is 386 Å². The number of nitrogens with one attached hydrogen (secondary N) is 1. The van der Waals surface area contributed by atoms with Gasteiger partial charge in [-0.05, 0) is 64.2 Å². The zero-order chi connectivity index (χ0) is 64.1. The molecule has 1 amide bonds. The molecule has 0 aliphatic heterocycles. The number of carbonyl (C=O) groups excluding carboxylic acids is 1. The largest absolute Gasteiger partial charge is 0.472 e. The monoisotopic (exact) mass is 1250 g/mol. The summed E-state index contributed by atoms with van der Waals surface area (Å²) in [5, 5.41) is 14.2. The number of aliphatic hydroxyl groups excluding tert-OH is 1. The first kappa shape index (κ1) is 85.9. The Balaban J connectivity index is 3.95. The Morgan fingerprint density at radius 1 is 0.398 bits per heavy atom. The molecule has 0 aliphatic carbocycles. The summed E-state index contributed by atoms with van der Waals surface area (Å²) in [5.41, 5.74) is 0. The van der Waals surface area contributed by atoms with Gasteiger partial charge in [-0.15, -0.1) is 0 Å². The molecule has 0 saturated carbocycles. The van der Waals surface area contributed by atoms with E-state index in [-0.39, 0.29) is 19.1 Å². The molecule has 0 aromatic heterocycles. The average Bonchev–Trinajstić information content (AvgIpc) is 3.70. The minimum Gasteiger partial charge on any atom is -0.391 e. The zero-order valence-electron chi connectivity index (χ0n) is 59.2. The van der Waals surface area contributed by atoms with E-state index in [0.29, 0.717) is 23.9 Å². The summed E-state index contributed by atoms with van der Waals surface area (Å²) >= 11 is 0. The lowest BCUT2D eigenvalue weighted by Crippen LogP contribution is -2.46. The van der Waals surface area contributed by atoms with Gasteiger partial charge in [0.15, 0.2) is 0 Å². The van der Waals surface area contributed by atoms with Crippen LogP contribution in [0.25, 0.3) is 0 Å². The van der Waals surface area contributed by atoms with E-state index < -0.39 is 20.0 Å². The van der Waals surface area contributed by atoms with Crippen LogP contribution >= 0.6 is 7.82 Å². The molecule has 0 rings (SSSR count). The molecular weight excluding hydrogens is 1100 g/mol. The number of hydrogen-bond donors (Lipinski definition) is 3. The summed E-state index contributed by atoms with van der Waals surface area (Å²) in [4.78, 5) is 23.5. The number of rotatable bonds is 71. The second-order valence-electron chi connectivity index (χ2n) is 27.4. The summed E-state index contributed by atoms with van der Waals surface area (Å²) < 4.78 is 23.9. The minimum atomic E-state index is -4.33. The maximum absolute atomic E-state index is 13.1. The summed E-state index contributed by atoms with van der Waals surface area (Å²) in [7, 11) is 1.63. The van der Waals surface area contributed by atoms with E-state index in [1.165, 1.54) is 270 Å². The lowest BCUT2D eigenvalue weighted by atomic mass is 10.0. The summed E-state index contributed by atoms with van der Waals surface area (Å²) in [6, 6.07) is -0.763. The van der Waals surface area contributed by atoms with Crippen LogP contribution in [0.15, 0.2) is 72.9 Å². The molecule has 0 spiro atoms. The van der Waals surface area contributed by atoms with Crippen molar-refractivity contribution in [3.8, 4) is 0 Å². The number of nitrogens with zero attached hydrogens (tertiary/aromatic N) is 1. The van der Waals surface area contributed by atoms with Crippen LogP contribution in [0, 0.1) is 0 Å². The number of aliphatic hydroxyl groups is 1. The number of unbranched alkanes of at least 4 members (excludes halogenated alkanes) is 46. The zero-order valence-corrected chi connectivity index (χ0v) is 60.1. The van der Waals surface area contributed by atoms with Gasteiger partial charge in [-0.3, -0.25) is 13.8 Å². The van der Waals surface area contributed by atoms with Crippen molar-refractivity contribution in [3.05, 3.63) is 72.9 Å². The molecule has 3 atom stereocenters. The first-order valence-corrected chi connectivity index (χ1v) is 39.8. The minimum absolute atomic E-state index is 0.0755. The SMILES string of the molecule is CC/C=C\C/C=C\C/C=C\C/C=C\C/C=C\C/C=C\CCCCCCCCCCCCCCCCCCCCCCC(=O)NC(COP(=O)(O)OCC[N+](C)(C)C)C(O)CCCCCCCCCCCCCCCCCCCCCCCCCCCCC. The fourth-order valence-electron chi connectivity index (χ4n) is 11.6. The van der Waals surface area contributed by atoms with Crippen LogP contribution in [-0.2, 0) is 18.4 Å². The van der Waals surface area contributed by atoms with Gasteiger partial charge in [-0.1, -0.05) is 376 Å². The average molecular weight is 1260 g/mol. The van der Waals surface area contributed by atoms with Gasteiger partial charge in [0.1, 0.15) is 13.2 Å². The second kappa shape index (κ2) is 69.3. The van der Waals surface area contributed by atoms with Gasteiger partial charge < -0.3 is 19.8 Å². The molecule has 0 heterocycles. The molecule has 0 saturated heterocycles. The molecule has 516 valence electrons. The van der Waals surface area contributed by atoms with Crippen molar-refractivity contribution in [2.24, 2.45) is 0 Å². The predicted molar refractivity (Wildman–Crippen MR) is 387 cm³/mol. The van der Waals surface area contributed by atoms with E-state index >= 15 is 0 Å². The number of carbonyl (C=O) groups is 1. The van der Waals surface area contributed by atoms with Gasteiger partial charge in [0, 0.05) is 6.42 Å². The number of quaternary nitrogens is 1. The van der Waals surface area contributed by atoms with Crippen molar-refractivity contribution >= 4 is 13.7 Å². The third kappa shape index (κ3) is 71.4. The first-order valence-electron chi connectivity index (χ1n) is 38.3. The Morgan fingerprint density at radius 2 is 0.682 bits per heavy atom. The molecule has 88 heavy (non-hydrogen) atoms. The van der Waals surface area contributed by atoms with E-state index in [4.69, 9.17) is 9.05 Å². The first-order chi connectivity index (χ1) is 43.0. The van der Waals surface area contributed by atoms with E-state index in [0.717, 1.165) is 77.0 Å². The normalized spacial score (nSPS) is 13.9. The topological polar surface area (TPSA) is 105 Å². The molecule has 0 bridgehead atoms. The van der Waals surface area contributed by atoms with Gasteiger partial charge in [-0.25, -0.2) is 4.57 Å². The summed E-state index contributed by atoms with van der Waals surface area (Å²) in [6.07, 6.45) is 97.4. The molecule has 0 radical (unpaired) electrons. The van der Waals surface area contributed by atoms with Crippen LogP contribution in [0.4, 0.5) is 0 Å². The molecule has 3 N–H and O–H groups in total. The smallest absolute Gasteiger partial charge is 0.391 e. The van der Waals surface area contributed by atoms with E-state index in [1.807, 2.05) is 21.1 Å². The second-order valence-corrected chi connectivity index (χ2v) is 28.8. The summed E-state index contributed by atoms with van der Waals surface area (Å²) in [6.45, 7) is 4.83. The Hall–Kier alpha value is -2.06. The van der Waals surface area contributed by atoms with Crippen LogP contribution in [0.5, 0.6) is 0 Å². The van der Waals surface area contributed by atoms with E-state index in [9.17, 15) is 19.4 Å². The highest BCUT2D eigenvalue weighted by Gasteiger charge is 2.28. The van der Waals surface area contributed by atoms with Crippen LogP contribution in [0.2, 0.25) is 0 Å². The lowest BCUT2D eigenvalue weighted by molar-refractivity contribution is -0.870. The third-order valence-electron chi connectivity index (χ3n) is 17.5. The molecule has 9 heteroatoms. The Labute approximate surface area is 548 Å². The van der Waals surface area contributed by atoms with Gasteiger partial charge in [0.2, 0.25) is 5.91 Å². The van der Waals surface area contributed by atoms with Crippen LogP contribution in [0.3, 0.4) is 0 Å². The van der Waals surface area contributed by atoms with Crippen molar-refractivity contribution in [2.75, 3.05) is 40.9 Å². The number of amides is 1. The number of allylic oxidation sites excluding steroid dienone is 12. The van der Waals surface area contributed by atoms with Gasteiger partial charge >= 0.3 is 7.82 Å². The lowest BCUT2D eigenvalue weighted by Gasteiger charge is -2.26. The summed E-state index contributed by atoms with van der Waals surface area (Å²) in [5.74, 6) is -0.138. The molecule has 3 unspecified atom stereocenters. The standard InChI is InChI=1S/C79H149N2O6P/c1-6-8-10-12-14-16-18-20-22-24-26-28-30-32-34-35-36-37-38-39-40-41-42-43-44-45-47-49-51-53-55-57-59-61-63-65-67-69-71-73-79(83)80-77(76-87-88(84,85)86-75-74-81(3,4)5)78(82)72-70-68-66-64-62-60-58-56-54-52-50-48-46-33-31-29-27-25-23-21-19-17-15-13-11-9-7-2/h8,10,14,16,20,22,26,28,32,34,36-37,77-78,82H,6-7,9,11-13,15,17-19,21,23-25,27,29-31,33,35,38-76H2,1-5H3,(H-,80,83,84,85)/p+1/b10-8-,16-14-,22-20-,28-26-,34-32-,37-36-. The molecular formula is C79H150N2O6P+. The molecule has 0 aliphatic rings. The Bertz CT molecular complexity index is 1670. The molecule has 0 aromatic carbocycles. The third-order valence-corrected chi connectivity index (χ3v) is 18.5. The molecule has 8 nitrogen and oxygen atoms in total. The fraction of sp³-hybridized carbons (Fsp3) is 0.835. The van der Waals surface area contributed by atoms with Crippen molar-refractivity contribution < 1.29 is 32.9 Å². The van der Waals surface area contributed by atoms with Gasteiger partial charge in [0.25, 0.3) is 0 Å². The van der Waals surface area contributed by atoms with Crippen LogP contribution in [0.1, 0.15) is 373 Å². The number of phosphoric acid groups is 1. The maximum Gasteiger partial charge on any atom is 0.472 e. The van der Waals surface area contributed by atoms with Gasteiger partial charge in [-0.2, -0.15) is 0 Å². The number of phosphoric ester groups is 1. The molecule has 0 aromatic rings. The fourth-order valence-corrected chi connectivity index (χ4v) is 12.3. The highest BCUT2D eigenvalue weighted by Crippen LogP contribution is 2.43. The van der Waals surface area contributed by atoms with Crippen molar-refractivity contribution in [3.63, 3.8) is 0 Å². The van der Waals surface area contributed by atoms with Crippen LogP contribution < -0.4 is 5.32 Å². The number of likely N-dealkylation sites (N-methyl/N-ethyl adjacent to an activating group) is 1. The van der Waals surface area contributed by atoms with Crippen molar-refractivity contribution in [1.29, 1.82) is 0 Å². The highest BCUT2D eigenvalue weighted by atomic mass is 31.2. The molecule has 0 fully saturated rings. The predicted octanol–water partition coefficient (Wildman–Crippen LogP) is 24.9. The van der Waals surface area contributed by atoms with Crippen LogP contribution in [-0.4, -0.2) is 73.4 Å². The Morgan fingerprint density at radius 3 is 1.00 bits per heavy atom. The van der Waals surface area contributed by atoms with E-state index in [2.05, 4.69) is 92.1 Å². The van der Waals surface area contributed by atoms with Crippen molar-refractivity contribution in [1.82, 2.24) is 5.32 Å². The van der Waals surface area contributed by atoms with Gasteiger partial charge in [0.05, 0.1) is 39.9 Å². The van der Waals surface area contributed by atoms with E-state index in [1.54, 1.807) is 0 Å². The maximum atomic E-state index is 13.1.